The Kier molecular flexibility index (Phi) is 6.95. The van der Waals surface area contributed by atoms with Crippen LogP contribution in [-0.4, -0.2) is 37.4 Å². The Balaban J connectivity index is 1.22. The molecule has 16 heteroatoms. The Bertz CT molecular complexity index is 2210. The minimum atomic E-state index is -1.05. The van der Waals surface area contributed by atoms with Gasteiger partial charge >= 0.3 is 11.7 Å². The molecule has 1 aliphatic rings. The summed E-state index contributed by atoms with van der Waals surface area (Å²) < 4.78 is 19.8. The van der Waals surface area contributed by atoms with Gasteiger partial charge in [-0.05, 0) is 71.4 Å². The van der Waals surface area contributed by atoms with Crippen molar-refractivity contribution in [3.63, 3.8) is 0 Å². The second-order valence-electron chi connectivity index (χ2n) is 10.4. The lowest BCUT2D eigenvalue weighted by Crippen LogP contribution is -2.36. The fourth-order valence-electron chi connectivity index (χ4n) is 5.35. The van der Waals surface area contributed by atoms with E-state index in [0.717, 1.165) is 27.7 Å². The smallest absolute Gasteiger partial charge is 0.448 e. The van der Waals surface area contributed by atoms with Crippen LogP contribution in [0.2, 0.25) is 0 Å². The molecule has 5 aromatic rings. The van der Waals surface area contributed by atoms with Crippen LogP contribution in [0.15, 0.2) is 55.3 Å². The van der Waals surface area contributed by atoms with Crippen molar-refractivity contribution in [2.75, 3.05) is 11.1 Å². The highest BCUT2D eigenvalue weighted by atomic mass is 19.1. The predicted molar refractivity (Wildman–Crippen MR) is 155 cm³/mol. The SMILES string of the molecule is Cc1c(C(=O)O)ccc2c1CC[C@@H]2NC(=O)c1cc(C(=O)NCc2ccc(F)c(Nc3c(N)c(=O)c3=O)c2)nc2noc(=O)n12. The van der Waals surface area contributed by atoms with E-state index < -0.39 is 46.3 Å². The number of aromatic nitrogens is 3. The number of anilines is 3. The van der Waals surface area contributed by atoms with Crippen molar-refractivity contribution in [2.24, 2.45) is 0 Å². The summed E-state index contributed by atoms with van der Waals surface area (Å²) in [5.74, 6) is -4.63. The molecule has 0 bridgehead atoms. The van der Waals surface area contributed by atoms with Crippen LogP contribution in [0.4, 0.5) is 21.5 Å². The number of carbonyl (C=O) groups excluding carboxylic acids is 2. The van der Waals surface area contributed by atoms with Gasteiger partial charge in [-0.15, -0.1) is 0 Å². The third-order valence-corrected chi connectivity index (χ3v) is 7.71. The molecule has 1 aliphatic carbocycles. The number of fused-ring (bicyclic) bond motifs is 2. The molecule has 3 aromatic carbocycles. The van der Waals surface area contributed by atoms with Crippen LogP contribution in [0, 0.1) is 12.7 Å². The van der Waals surface area contributed by atoms with E-state index in [1.807, 2.05) is 0 Å². The summed E-state index contributed by atoms with van der Waals surface area (Å²) in [5, 5.41) is 20.9. The van der Waals surface area contributed by atoms with Crippen LogP contribution in [0.5, 0.6) is 0 Å². The van der Waals surface area contributed by atoms with Crippen LogP contribution in [0.1, 0.15) is 66.1 Å². The van der Waals surface area contributed by atoms with E-state index in [0.29, 0.717) is 24.0 Å². The maximum absolute atomic E-state index is 14.3. The molecule has 2 amide bonds. The predicted octanol–water partition coefficient (Wildman–Crippen LogP) is 1.10. The molecule has 6 N–H and O–H groups in total. The van der Waals surface area contributed by atoms with E-state index in [1.165, 1.54) is 18.2 Å². The van der Waals surface area contributed by atoms with Gasteiger partial charge in [0, 0.05) is 6.54 Å². The van der Waals surface area contributed by atoms with E-state index in [9.17, 15) is 38.3 Å². The van der Waals surface area contributed by atoms with Crippen LogP contribution in [0.25, 0.3) is 5.78 Å². The Morgan fingerprint density at radius 1 is 1.11 bits per heavy atom. The molecule has 0 radical (unpaired) electrons. The van der Waals surface area contributed by atoms with Crippen molar-refractivity contribution >= 4 is 40.6 Å². The fraction of sp³-hybridized carbons (Fsp3) is 0.172. The summed E-state index contributed by atoms with van der Waals surface area (Å²) in [6.45, 7) is 1.56. The Morgan fingerprint density at radius 2 is 1.89 bits per heavy atom. The number of halogens is 1. The fourth-order valence-corrected chi connectivity index (χ4v) is 5.35. The molecule has 2 heterocycles. The third kappa shape index (κ3) is 4.97. The first kappa shape index (κ1) is 28.9. The number of nitrogens with two attached hydrogens (primary N) is 1. The van der Waals surface area contributed by atoms with Gasteiger partial charge in [-0.1, -0.05) is 12.1 Å². The molecule has 0 saturated carbocycles. The van der Waals surface area contributed by atoms with Gasteiger partial charge in [-0.2, -0.15) is 0 Å². The Morgan fingerprint density at radius 3 is 2.62 bits per heavy atom. The quantitative estimate of drug-likeness (QED) is 0.155. The zero-order valence-corrected chi connectivity index (χ0v) is 23.3. The van der Waals surface area contributed by atoms with Gasteiger partial charge in [0.1, 0.15) is 28.6 Å². The van der Waals surface area contributed by atoms with E-state index in [4.69, 9.17) is 5.73 Å². The second kappa shape index (κ2) is 10.8. The minimum absolute atomic E-state index is 0.147. The topological polar surface area (TPSA) is 228 Å². The number of benzene rings is 2. The Hall–Kier alpha value is -6.19. The van der Waals surface area contributed by atoms with Crippen molar-refractivity contribution in [3.8, 4) is 0 Å². The summed E-state index contributed by atoms with van der Waals surface area (Å²) in [4.78, 5) is 77.5. The Labute approximate surface area is 250 Å². The number of aromatic carboxylic acids is 1. The van der Waals surface area contributed by atoms with Gasteiger partial charge in [-0.3, -0.25) is 23.7 Å². The summed E-state index contributed by atoms with van der Waals surface area (Å²) >= 11 is 0. The molecule has 0 fully saturated rings. The molecule has 45 heavy (non-hydrogen) atoms. The van der Waals surface area contributed by atoms with Crippen molar-refractivity contribution < 1.29 is 28.4 Å². The molecule has 0 spiro atoms. The van der Waals surface area contributed by atoms with Gasteiger partial charge in [0.15, 0.2) is 0 Å². The number of rotatable bonds is 8. The van der Waals surface area contributed by atoms with Crippen LogP contribution in [0.3, 0.4) is 0 Å². The lowest BCUT2D eigenvalue weighted by atomic mass is 9.98. The number of nitrogens with one attached hydrogen (secondary N) is 3. The highest BCUT2D eigenvalue weighted by molar-refractivity contribution is 5.98. The number of carboxylic acids is 1. The first-order valence-corrected chi connectivity index (χ1v) is 13.4. The van der Waals surface area contributed by atoms with Crippen molar-refractivity contribution in [3.05, 3.63) is 112 Å². The number of hydrogen-bond donors (Lipinski definition) is 5. The van der Waals surface area contributed by atoms with E-state index in [1.54, 1.807) is 13.0 Å². The second-order valence-corrected chi connectivity index (χ2v) is 10.4. The molecule has 1 atom stereocenters. The molecular formula is C29H22FN7O8. The van der Waals surface area contributed by atoms with Gasteiger partial charge in [-0.25, -0.2) is 23.4 Å². The lowest BCUT2D eigenvalue weighted by molar-refractivity contribution is 0.0695. The van der Waals surface area contributed by atoms with E-state index in [-0.39, 0.29) is 46.3 Å². The summed E-state index contributed by atoms with van der Waals surface area (Å²) in [6, 6.07) is 7.48. The molecular weight excluding hydrogens is 593 g/mol. The standard InChI is InChI=1S/C29H22FN7O8/c1-11-13-5-7-17(15(13)4-3-14(11)27(42)43)34-26(41)20-9-19(35-28-36-45-29(44)37(20)28)25(40)32-10-12-2-6-16(30)18(8-12)33-22-21(31)23(38)24(22)39/h2-4,6,8-9,17,33H,5,7,10,31H2,1H3,(H,32,40)(H,34,41)(H,42,43)/t17-/m0/s1. The first-order chi connectivity index (χ1) is 21.4. The molecule has 0 unspecified atom stereocenters. The molecule has 6 rings (SSSR count). The van der Waals surface area contributed by atoms with Crippen LogP contribution < -0.4 is 38.3 Å². The van der Waals surface area contributed by atoms with Crippen molar-refractivity contribution in [1.82, 2.24) is 25.2 Å². The minimum Gasteiger partial charge on any atom is -0.478 e. The largest absolute Gasteiger partial charge is 0.478 e. The van der Waals surface area contributed by atoms with Crippen molar-refractivity contribution in [2.45, 2.75) is 32.4 Å². The number of nitrogens with zero attached hydrogens (tertiary/aromatic N) is 3. The van der Waals surface area contributed by atoms with Crippen molar-refractivity contribution in [1.29, 1.82) is 0 Å². The number of amides is 2. The molecule has 0 aliphatic heterocycles. The number of carbonyl (C=O) groups is 3. The molecule has 0 saturated heterocycles. The molecule has 2 aromatic heterocycles. The highest BCUT2D eigenvalue weighted by Crippen LogP contribution is 2.35. The van der Waals surface area contributed by atoms with Gasteiger partial charge < -0.3 is 26.8 Å². The lowest BCUT2D eigenvalue weighted by Gasteiger charge is -2.16. The van der Waals surface area contributed by atoms with Gasteiger partial charge in [0.2, 0.25) is 0 Å². The number of hydrogen-bond acceptors (Lipinski definition) is 11. The maximum atomic E-state index is 14.3. The van der Waals surface area contributed by atoms with Gasteiger partial charge in [0.25, 0.3) is 28.4 Å². The van der Waals surface area contributed by atoms with Gasteiger partial charge in [0.05, 0.1) is 17.3 Å². The summed E-state index contributed by atoms with van der Waals surface area (Å²) in [6.07, 6.45) is 1.01. The maximum Gasteiger partial charge on any atom is 0.448 e. The average Bonchev–Trinajstić information content (AvgIpc) is 3.62. The highest BCUT2D eigenvalue weighted by Gasteiger charge is 2.29. The summed E-state index contributed by atoms with van der Waals surface area (Å²) in [7, 11) is 0. The third-order valence-electron chi connectivity index (χ3n) is 7.71. The number of nitrogen functional groups attached to an aromatic ring is 1. The van der Waals surface area contributed by atoms with E-state index in [2.05, 4.69) is 30.6 Å². The number of carboxylic acid groups (broad SMARTS) is 1. The van der Waals surface area contributed by atoms with E-state index >= 15 is 0 Å². The average molecular weight is 616 g/mol. The monoisotopic (exact) mass is 615 g/mol. The van der Waals surface area contributed by atoms with Crippen LogP contribution in [-0.2, 0) is 13.0 Å². The molecule has 228 valence electrons. The zero-order chi connectivity index (χ0) is 32.2. The van der Waals surface area contributed by atoms with Crippen LogP contribution >= 0.6 is 0 Å². The summed E-state index contributed by atoms with van der Waals surface area (Å²) in [5.41, 5.74) is 5.23. The first-order valence-electron chi connectivity index (χ1n) is 13.4. The normalized spacial score (nSPS) is 14.0. The zero-order valence-electron chi connectivity index (χ0n) is 23.3. The molecule has 15 nitrogen and oxygen atoms in total.